The Balaban J connectivity index is 1.91. The molecular formula is C28H28FN5O3. The van der Waals surface area contributed by atoms with Crippen molar-refractivity contribution in [1.82, 2.24) is 14.9 Å². The number of nitrogens with zero attached hydrogens (tertiary/aromatic N) is 3. The minimum absolute atomic E-state index is 0.266. The number of aromatic nitrogens is 2. The molecule has 190 valence electrons. The van der Waals surface area contributed by atoms with E-state index in [9.17, 15) is 9.18 Å². The molecule has 0 aliphatic carbocycles. The van der Waals surface area contributed by atoms with Gasteiger partial charge in [0, 0.05) is 23.9 Å². The molecule has 8 nitrogen and oxygen atoms in total. The van der Waals surface area contributed by atoms with Gasteiger partial charge in [-0.1, -0.05) is 24.3 Å². The van der Waals surface area contributed by atoms with Crippen molar-refractivity contribution in [3.05, 3.63) is 78.9 Å². The predicted octanol–water partition coefficient (Wildman–Crippen LogP) is 5.25. The molecule has 37 heavy (non-hydrogen) atoms. The number of carbonyl (C=O) groups excluding carboxylic acids is 1. The van der Waals surface area contributed by atoms with E-state index < -0.39 is 5.82 Å². The number of methoxy groups -OCH3 is 2. The van der Waals surface area contributed by atoms with Crippen LogP contribution in [-0.4, -0.2) is 55.6 Å². The van der Waals surface area contributed by atoms with E-state index in [1.165, 1.54) is 18.5 Å². The molecule has 0 radical (unpaired) electrons. The van der Waals surface area contributed by atoms with Gasteiger partial charge in [-0.3, -0.25) is 4.79 Å². The normalized spacial score (nSPS) is 11.2. The van der Waals surface area contributed by atoms with Crippen LogP contribution in [0.4, 0.5) is 21.6 Å². The standard InChI is InChI=1S/C28H28FN5O3/c1-34(2)15-7-10-25(35)32-22-13-12-21-27(26(22)18-11-14-23(36-3)24(16-18)37-4)28(31-17-30-21)33-20-9-6-5-8-19(20)29/h5-14,16-17H,15H2,1-4H3,(H,32,35)(H,30,31,33)/b10-7+. The molecule has 3 aromatic carbocycles. The summed E-state index contributed by atoms with van der Waals surface area (Å²) in [5, 5.41) is 6.66. The third kappa shape index (κ3) is 5.84. The van der Waals surface area contributed by atoms with Crippen LogP contribution in [-0.2, 0) is 4.79 Å². The molecule has 4 rings (SSSR count). The number of rotatable bonds is 9. The Morgan fingerprint density at radius 3 is 2.51 bits per heavy atom. The van der Waals surface area contributed by atoms with E-state index in [2.05, 4.69) is 20.6 Å². The molecule has 0 aliphatic rings. The number of hydrogen-bond donors (Lipinski definition) is 2. The Morgan fingerprint density at radius 1 is 1.00 bits per heavy atom. The molecule has 9 heteroatoms. The number of anilines is 3. The van der Waals surface area contributed by atoms with Crippen LogP contribution in [0.25, 0.3) is 22.0 Å². The average molecular weight is 502 g/mol. The highest BCUT2D eigenvalue weighted by atomic mass is 19.1. The Labute approximate surface area is 214 Å². The summed E-state index contributed by atoms with van der Waals surface area (Å²) in [5.41, 5.74) is 2.78. The molecule has 0 saturated carbocycles. The number of likely N-dealkylation sites (N-methyl/N-ethyl adjacent to an activating group) is 1. The summed E-state index contributed by atoms with van der Waals surface area (Å²) in [6.45, 7) is 0.623. The van der Waals surface area contributed by atoms with Crippen molar-refractivity contribution in [3.8, 4) is 22.6 Å². The molecule has 0 aliphatic heterocycles. The van der Waals surface area contributed by atoms with E-state index in [4.69, 9.17) is 9.47 Å². The molecule has 0 saturated heterocycles. The summed E-state index contributed by atoms with van der Waals surface area (Å²) in [6.07, 6.45) is 4.68. The van der Waals surface area contributed by atoms with E-state index in [1.54, 1.807) is 56.7 Å². The highest BCUT2D eigenvalue weighted by molar-refractivity contribution is 6.11. The Hall–Kier alpha value is -4.50. The van der Waals surface area contributed by atoms with Crippen LogP contribution in [0.3, 0.4) is 0 Å². The lowest BCUT2D eigenvalue weighted by molar-refractivity contribution is -0.111. The summed E-state index contributed by atoms with van der Waals surface area (Å²) in [4.78, 5) is 23.6. The number of hydrogen-bond acceptors (Lipinski definition) is 7. The molecule has 2 N–H and O–H groups in total. The van der Waals surface area contributed by atoms with Crippen molar-refractivity contribution >= 4 is 34.0 Å². The summed E-state index contributed by atoms with van der Waals surface area (Å²) in [7, 11) is 6.96. The van der Waals surface area contributed by atoms with Crippen LogP contribution < -0.4 is 20.1 Å². The molecule has 4 aromatic rings. The molecule has 0 unspecified atom stereocenters. The number of carbonyl (C=O) groups is 1. The predicted molar refractivity (Wildman–Crippen MR) is 144 cm³/mol. The van der Waals surface area contributed by atoms with Gasteiger partial charge in [0.1, 0.15) is 18.0 Å². The molecule has 1 amide bonds. The van der Waals surface area contributed by atoms with Crippen molar-refractivity contribution in [1.29, 1.82) is 0 Å². The lowest BCUT2D eigenvalue weighted by atomic mass is 9.97. The van der Waals surface area contributed by atoms with Crippen molar-refractivity contribution in [2.45, 2.75) is 0 Å². The molecule has 0 atom stereocenters. The second-order valence-electron chi connectivity index (χ2n) is 8.43. The Morgan fingerprint density at radius 2 is 1.78 bits per heavy atom. The third-order valence-corrected chi connectivity index (χ3v) is 5.60. The molecule has 0 spiro atoms. The van der Waals surface area contributed by atoms with Crippen LogP contribution in [0.15, 0.2) is 73.1 Å². The third-order valence-electron chi connectivity index (χ3n) is 5.60. The van der Waals surface area contributed by atoms with Gasteiger partial charge in [0.2, 0.25) is 5.91 Å². The fourth-order valence-corrected chi connectivity index (χ4v) is 3.88. The van der Waals surface area contributed by atoms with Crippen LogP contribution >= 0.6 is 0 Å². The average Bonchev–Trinajstić information content (AvgIpc) is 2.89. The minimum atomic E-state index is -0.419. The first kappa shape index (κ1) is 25.6. The summed E-state index contributed by atoms with van der Waals surface area (Å²) < 4.78 is 25.4. The van der Waals surface area contributed by atoms with Gasteiger partial charge in [-0.2, -0.15) is 0 Å². The zero-order chi connectivity index (χ0) is 26.4. The van der Waals surface area contributed by atoms with Crippen LogP contribution in [0, 0.1) is 5.82 Å². The molecular weight excluding hydrogens is 473 g/mol. The lowest BCUT2D eigenvalue weighted by Gasteiger charge is -2.18. The van der Waals surface area contributed by atoms with E-state index in [0.717, 1.165) is 5.56 Å². The number of ether oxygens (including phenoxy) is 2. The van der Waals surface area contributed by atoms with E-state index in [-0.39, 0.29) is 11.6 Å². The fourth-order valence-electron chi connectivity index (χ4n) is 3.88. The van der Waals surface area contributed by atoms with Gasteiger partial charge >= 0.3 is 0 Å². The highest BCUT2D eigenvalue weighted by Crippen LogP contribution is 2.42. The minimum Gasteiger partial charge on any atom is -0.493 e. The van der Waals surface area contributed by atoms with Crippen molar-refractivity contribution < 1.29 is 18.7 Å². The van der Waals surface area contributed by atoms with E-state index >= 15 is 0 Å². The number of halogens is 1. The summed E-state index contributed by atoms with van der Waals surface area (Å²) in [6, 6.07) is 15.4. The van der Waals surface area contributed by atoms with Crippen molar-refractivity contribution in [2.24, 2.45) is 0 Å². The molecule has 1 heterocycles. The number of amides is 1. The van der Waals surface area contributed by atoms with E-state index in [1.807, 2.05) is 31.1 Å². The molecule has 1 aromatic heterocycles. The first-order valence-corrected chi connectivity index (χ1v) is 11.5. The second kappa shape index (κ2) is 11.5. The van der Waals surface area contributed by atoms with Crippen LogP contribution in [0.2, 0.25) is 0 Å². The van der Waals surface area contributed by atoms with Crippen molar-refractivity contribution in [3.63, 3.8) is 0 Å². The maximum atomic E-state index is 14.5. The number of para-hydroxylation sites is 1. The van der Waals surface area contributed by atoms with Gasteiger partial charge in [-0.05, 0) is 56.1 Å². The van der Waals surface area contributed by atoms with Gasteiger partial charge < -0.3 is 25.0 Å². The second-order valence-corrected chi connectivity index (χ2v) is 8.43. The zero-order valence-electron chi connectivity index (χ0n) is 21.1. The lowest BCUT2D eigenvalue weighted by Crippen LogP contribution is -2.13. The monoisotopic (exact) mass is 501 g/mol. The van der Waals surface area contributed by atoms with Crippen molar-refractivity contribution in [2.75, 3.05) is 45.5 Å². The van der Waals surface area contributed by atoms with Crippen LogP contribution in [0.5, 0.6) is 11.5 Å². The smallest absolute Gasteiger partial charge is 0.248 e. The molecule has 0 fully saturated rings. The largest absolute Gasteiger partial charge is 0.493 e. The van der Waals surface area contributed by atoms with E-state index in [0.29, 0.717) is 46.0 Å². The highest BCUT2D eigenvalue weighted by Gasteiger charge is 2.19. The SMILES string of the molecule is COc1ccc(-c2c(NC(=O)/C=C/CN(C)C)ccc3ncnc(Nc4ccccc4F)c23)cc1OC. The number of fused-ring (bicyclic) bond motifs is 1. The zero-order valence-corrected chi connectivity index (χ0v) is 21.1. The first-order valence-electron chi connectivity index (χ1n) is 11.5. The topological polar surface area (TPSA) is 88.6 Å². The van der Waals surface area contributed by atoms with Gasteiger partial charge in [-0.15, -0.1) is 0 Å². The quantitative estimate of drug-likeness (QED) is 0.303. The van der Waals surface area contributed by atoms with Gasteiger partial charge in [0.15, 0.2) is 11.5 Å². The van der Waals surface area contributed by atoms with Gasteiger partial charge in [-0.25, -0.2) is 14.4 Å². The van der Waals surface area contributed by atoms with Gasteiger partial charge in [0.05, 0.1) is 30.8 Å². The number of nitrogens with one attached hydrogen (secondary N) is 2. The fraction of sp³-hybridized carbons (Fsp3) is 0.179. The summed E-state index contributed by atoms with van der Waals surface area (Å²) >= 11 is 0. The first-order chi connectivity index (χ1) is 17.9. The van der Waals surface area contributed by atoms with Crippen LogP contribution in [0.1, 0.15) is 0 Å². The Kier molecular flexibility index (Phi) is 7.95. The maximum Gasteiger partial charge on any atom is 0.248 e. The number of benzene rings is 3. The van der Waals surface area contributed by atoms with Gasteiger partial charge in [0.25, 0.3) is 0 Å². The molecule has 0 bridgehead atoms. The summed E-state index contributed by atoms with van der Waals surface area (Å²) in [5.74, 6) is 0.755. The Bertz CT molecular complexity index is 1460. The maximum absolute atomic E-state index is 14.5.